The molecular weight excluding hydrogens is 214 g/mol. The second-order valence-electron chi connectivity index (χ2n) is 5.09. The van der Waals surface area contributed by atoms with E-state index in [9.17, 15) is 0 Å². The predicted octanol–water partition coefficient (Wildman–Crippen LogP) is 2.97. The number of ether oxygens (including phenoxy) is 1. The normalized spacial score (nSPS) is 12.1. The molecule has 0 aliphatic heterocycles. The number of methoxy groups -OCH3 is 1. The Kier molecular flexibility index (Phi) is 5.18. The molecule has 0 saturated heterocycles. The second kappa shape index (κ2) is 6.18. The first-order valence-corrected chi connectivity index (χ1v) is 9.26. The van der Waals surface area contributed by atoms with Crippen molar-refractivity contribution in [1.29, 1.82) is 0 Å². The molecule has 0 unspecified atom stereocenters. The second-order valence-corrected chi connectivity index (χ2v) is 10.1. The minimum Gasteiger partial charge on any atom is -0.370 e. The molecule has 0 radical (unpaired) electrons. The Bertz CT molecular complexity index is 295. The lowest BCUT2D eigenvalue weighted by molar-refractivity contribution is 0.112. The summed E-state index contributed by atoms with van der Waals surface area (Å²) in [5.74, 6) is 0. The summed E-state index contributed by atoms with van der Waals surface area (Å²) in [6.07, 6.45) is 1.11. The summed E-state index contributed by atoms with van der Waals surface area (Å²) < 4.78 is 7.77. The maximum Gasteiger partial charge on any atom is 0.121 e. The van der Waals surface area contributed by atoms with Gasteiger partial charge in [-0.25, -0.2) is 0 Å². The average Bonchev–Trinajstić information content (AvgIpc) is 2.24. The van der Waals surface area contributed by atoms with Crippen molar-refractivity contribution in [3.05, 3.63) is 35.9 Å². The zero-order chi connectivity index (χ0) is 12.0. The van der Waals surface area contributed by atoms with Gasteiger partial charge in [-0.1, -0.05) is 50.0 Å². The minimum atomic E-state index is -1.25. The van der Waals surface area contributed by atoms with Crippen LogP contribution >= 0.6 is 0 Å². The molecule has 16 heavy (non-hydrogen) atoms. The zero-order valence-electron chi connectivity index (χ0n) is 10.9. The molecule has 0 bridgehead atoms. The quantitative estimate of drug-likeness (QED) is 0.557. The fraction of sp³-hybridized carbons (Fsp3) is 0.538. The Balaban J connectivity index is 2.51. The van der Waals surface area contributed by atoms with Gasteiger partial charge in [0.05, 0.1) is 6.73 Å². The van der Waals surface area contributed by atoms with Crippen molar-refractivity contribution in [2.45, 2.75) is 26.1 Å². The van der Waals surface area contributed by atoms with Gasteiger partial charge >= 0.3 is 0 Å². The molecule has 0 heterocycles. The van der Waals surface area contributed by atoms with Crippen LogP contribution in [0.25, 0.3) is 0 Å². The summed E-state index contributed by atoms with van der Waals surface area (Å²) in [7, 11) is 0.520. The highest BCUT2D eigenvalue weighted by atomic mass is 28.3. The summed E-state index contributed by atoms with van der Waals surface area (Å²) in [6, 6.07) is 10.6. The highest BCUT2D eigenvalue weighted by Crippen LogP contribution is 2.10. The number of hydrogen-bond donors (Lipinski definition) is 0. The largest absolute Gasteiger partial charge is 0.370 e. The van der Waals surface area contributed by atoms with Gasteiger partial charge < -0.3 is 9.30 Å². The van der Waals surface area contributed by atoms with E-state index in [0.29, 0.717) is 0 Å². The smallest absolute Gasteiger partial charge is 0.121 e. The molecular formula is C13H23NOSi. The number of rotatable bonds is 6. The summed E-state index contributed by atoms with van der Waals surface area (Å²) >= 11 is 0. The van der Waals surface area contributed by atoms with Crippen LogP contribution < -0.4 is 0 Å². The van der Waals surface area contributed by atoms with Crippen LogP contribution in [0.1, 0.15) is 5.56 Å². The summed E-state index contributed by atoms with van der Waals surface area (Å²) in [4.78, 5) is 0. The molecule has 1 aromatic rings. The minimum absolute atomic E-state index is 0.753. The first-order valence-electron chi connectivity index (χ1n) is 5.82. The van der Waals surface area contributed by atoms with Gasteiger partial charge in [-0.3, -0.25) is 0 Å². The molecule has 90 valence electrons. The van der Waals surface area contributed by atoms with E-state index < -0.39 is 8.24 Å². The Labute approximate surface area is 100 Å². The van der Waals surface area contributed by atoms with Crippen molar-refractivity contribution in [3.8, 4) is 0 Å². The molecule has 0 atom stereocenters. The molecule has 3 heteroatoms. The first-order chi connectivity index (χ1) is 7.54. The van der Waals surface area contributed by atoms with Crippen LogP contribution in [0.2, 0.25) is 19.6 Å². The molecule has 0 aliphatic carbocycles. The van der Waals surface area contributed by atoms with Crippen LogP contribution in [0.15, 0.2) is 30.3 Å². The molecule has 0 aliphatic rings. The van der Waals surface area contributed by atoms with Crippen LogP contribution in [-0.2, 0) is 11.2 Å². The van der Waals surface area contributed by atoms with E-state index in [1.807, 2.05) is 0 Å². The third-order valence-corrected chi connectivity index (χ3v) is 5.00. The lowest BCUT2D eigenvalue weighted by Gasteiger charge is -2.33. The molecule has 0 amide bonds. The van der Waals surface area contributed by atoms with E-state index in [1.165, 1.54) is 5.56 Å². The number of benzene rings is 1. The topological polar surface area (TPSA) is 12.5 Å². The van der Waals surface area contributed by atoms with Crippen LogP contribution in [0.4, 0.5) is 0 Å². The Morgan fingerprint density at radius 1 is 1.12 bits per heavy atom. The van der Waals surface area contributed by atoms with E-state index in [2.05, 4.69) is 54.5 Å². The molecule has 0 fully saturated rings. The van der Waals surface area contributed by atoms with Gasteiger partial charge in [-0.15, -0.1) is 0 Å². The Hall–Kier alpha value is -0.643. The molecule has 0 aromatic heterocycles. The van der Waals surface area contributed by atoms with Gasteiger partial charge in [0.15, 0.2) is 0 Å². The van der Waals surface area contributed by atoms with Crippen molar-refractivity contribution in [2.24, 2.45) is 0 Å². The van der Waals surface area contributed by atoms with E-state index in [4.69, 9.17) is 4.74 Å². The lowest BCUT2D eigenvalue weighted by Crippen LogP contribution is -2.47. The standard InChI is InChI=1S/C13H23NOSi/c1-15-12-14(16(2,3)4)11-10-13-8-6-5-7-9-13/h5-9H,10-12H2,1-4H3. The highest BCUT2D eigenvalue weighted by molar-refractivity contribution is 6.73. The van der Waals surface area contributed by atoms with Crippen LogP contribution in [0.3, 0.4) is 0 Å². The molecule has 0 N–H and O–H groups in total. The summed E-state index contributed by atoms with van der Waals surface area (Å²) in [6.45, 7) is 8.92. The first kappa shape index (κ1) is 13.4. The summed E-state index contributed by atoms with van der Waals surface area (Å²) in [5, 5.41) is 0. The van der Waals surface area contributed by atoms with Crippen LogP contribution in [0.5, 0.6) is 0 Å². The number of nitrogens with zero attached hydrogens (tertiary/aromatic N) is 1. The molecule has 2 nitrogen and oxygen atoms in total. The third kappa shape index (κ3) is 4.47. The van der Waals surface area contributed by atoms with Crippen molar-refractivity contribution >= 4 is 8.24 Å². The van der Waals surface area contributed by atoms with Crippen LogP contribution in [-0.4, -0.2) is 33.2 Å². The van der Waals surface area contributed by atoms with Gasteiger partial charge in [0.2, 0.25) is 0 Å². The van der Waals surface area contributed by atoms with E-state index in [1.54, 1.807) is 7.11 Å². The molecule has 1 aromatic carbocycles. The van der Waals surface area contributed by atoms with E-state index in [0.717, 1.165) is 19.7 Å². The fourth-order valence-electron chi connectivity index (χ4n) is 1.66. The maximum atomic E-state index is 5.28. The SMILES string of the molecule is COCN(CCc1ccccc1)[Si](C)(C)C. The van der Waals surface area contributed by atoms with Crippen LogP contribution in [0, 0.1) is 0 Å². The monoisotopic (exact) mass is 237 g/mol. The summed E-state index contributed by atoms with van der Waals surface area (Å²) in [5.41, 5.74) is 1.40. The molecule has 1 rings (SSSR count). The zero-order valence-corrected chi connectivity index (χ0v) is 11.9. The molecule has 0 spiro atoms. The van der Waals surface area contributed by atoms with Gasteiger partial charge in [0, 0.05) is 7.11 Å². The number of hydrogen-bond acceptors (Lipinski definition) is 2. The third-order valence-electron chi connectivity index (χ3n) is 2.75. The highest BCUT2D eigenvalue weighted by Gasteiger charge is 2.22. The lowest BCUT2D eigenvalue weighted by atomic mass is 10.1. The van der Waals surface area contributed by atoms with Gasteiger partial charge in [0.1, 0.15) is 8.24 Å². The van der Waals surface area contributed by atoms with E-state index >= 15 is 0 Å². The van der Waals surface area contributed by atoms with Crippen molar-refractivity contribution in [1.82, 2.24) is 4.57 Å². The predicted molar refractivity (Wildman–Crippen MR) is 72.1 cm³/mol. The average molecular weight is 237 g/mol. The van der Waals surface area contributed by atoms with Gasteiger partial charge in [0.25, 0.3) is 0 Å². The maximum absolute atomic E-state index is 5.28. The van der Waals surface area contributed by atoms with Gasteiger partial charge in [-0.2, -0.15) is 0 Å². The Morgan fingerprint density at radius 3 is 2.25 bits per heavy atom. The van der Waals surface area contributed by atoms with Crippen molar-refractivity contribution in [3.63, 3.8) is 0 Å². The Morgan fingerprint density at radius 2 is 1.75 bits per heavy atom. The van der Waals surface area contributed by atoms with Crippen molar-refractivity contribution in [2.75, 3.05) is 20.4 Å². The van der Waals surface area contributed by atoms with E-state index in [-0.39, 0.29) is 0 Å². The fourth-order valence-corrected chi connectivity index (χ4v) is 2.96. The van der Waals surface area contributed by atoms with Crippen molar-refractivity contribution < 1.29 is 4.74 Å². The molecule has 0 saturated carbocycles. The van der Waals surface area contributed by atoms with Gasteiger partial charge in [-0.05, 0) is 18.5 Å².